The number of nitrogens with zero attached hydrogens (tertiary/aromatic N) is 1. The molecule has 25 heavy (non-hydrogen) atoms. The summed E-state index contributed by atoms with van der Waals surface area (Å²) in [6, 6.07) is 8.23. The Balaban J connectivity index is 2.07. The van der Waals surface area contributed by atoms with Gasteiger partial charge in [0, 0.05) is 6.54 Å². The molecule has 0 heterocycles. The topological polar surface area (TPSA) is 32.7 Å². The third-order valence-corrected chi connectivity index (χ3v) is 5.59. The molecule has 1 fully saturated rings. The second-order valence-corrected chi connectivity index (χ2v) is 7.89. The van der Waals surface area contributed by atoms with Crippen molar-refractivity contribution in [2.75, 3.05) is 27.2 Å². The molecule has 1 unspecified atom stereocenters. The highest BCUT2D eigenvalue weighted by molar-refractivity contribution is 5.31. The van der Waals surface area contributed by atoms with Gasteiger partial charge in [0.2, 0.25) is 0 Å². The Hall–Kier alpha value is -1.06. The van der Waals surface area contributed by atoms with Crippen molar-refractivity contribution in [3.05, 3.63) is 29.8 Å². The van der Waals surface area contributed by atoms with E-state index >= 15 is 0 Å². The minimum Gasteiger partial charge on any atom is -0.494 e. The maximum atomic E-state index is 11.6. The summed E-state index contributed by atoms with van der Waals surface area (Å²) in [6.45, 7) is 3.89. The van der Waals surface area contributed by atoms with Crippen LogP contribution in [-0.4, -0.2) is 37.3 Å². The number of benzene rings is 1. The van der Waals surface area contributed by atoms with Crippen LogP contribution in [0.25, 0.3) is 0 Å². The minimum absolute atomic E-state index is 0.373. The first-order valence-electron chi connectivity index (χ1n) is 10.2. The SMILES string of the molecule is CCCCCOc1ccc(C(O)(CCN(C)C)C2CCCCC2)cc1. The second kappa shape index (κ2) is 10.2. The van der Waals surface area contributed by atoms with Gasteiger partial charge in [0.1, 0.15) is 5.75 Å². The van der Waals surface area contributed by atoms with Crippen LogP contribution in [0.2, 0.25) is 0 Å². The average molecular weight is 348 g/mol. The van der Waals surface area contributed by atoms with Gasteiger partial charge in [-0.05, 0) is 63.4 Å². The van der Waals surface area contributed by atoms with Crippen molar-refractivity contribution in [1.82, 2.24) is 4.90 Å². The molecule has 1 aromatic carbocycles. The van der Waals surface area contributed by atoms with Gasteiger partial charge in [0.15, 0.2) is 0 Å². The van der Waals surface area contributed by atoms with Crippen molar-refractivity contribution in [3.63, 3.8) is 0 Å². The van der Waals surface area contributed by atoms with Crippen molar-refractivity contribution in [2.45, 2.75) is 70.3 Å². The van der Waals surface area contributed by atoms with Crippen molar-refractivity contribution in [1.29, 1.82) is 0 Å². The van der Waals surface area contributed by atoms with Crippen molar-refractivity contribution in [2.24, 2.45) is 5.92 Å². The molecular weight excluding hydrogens is 310 g/mol. The molecule has 0 aromatic heterocycles. The molecule has 1 N–H and O–H groups in total. The Bertz CT molecular complexity index is 479. The number of hydrogen-bond acceptors (Lipinski definition) is 3. The fourth-order valence-corrected chi connectivity index (χ4v) is 3.94. The van der Waals surface area contributed by atoms with Gasteiger partial charge in [-0.15, -0.1) is 0 Å². The maximum Gasteiger partial charge on any atom is 0.119 e. The summed E-state index contributed by atoms with van der Waals surface area (Å²) >= 11 is 0. The summed E-state index contributed by atoms with van der Waals surface area (Å²) in [6.07, 6.45) is 10.4. The molecule has 3 nitrogen and oxygen atoms in total. The van der Waals surface area contributed by atoms with Crippen LogP contribution in [0, 0.1) is 5.92 Å². The van der Waals surface area contributed by atoms with Crippen LogP contribution in [-0.2, 0) is 5.60 Å². The molecule has 0 aliphatic heterocycles. The van der Waals surface area contributed by atoms with E-state index in [2.05, 4.69) is 38.1 Å². The van der Waals surface area contributed by atoms with E-state index in [0.29, 0.717) is 5.92 Å². The lowest BCUT2D eigenvalue weighted by Crippen LogP contribution is -2.39. The van der Waals surface area contributed by atoms with E-state index in [0.717, 1.165) is 50.1 Å². The first-order chi connectivity index (χ1) is 12.1. The third kappa shape index (κ3) is 6.00. The van der Waals surface area contributed by atoms with Crippen LogP contribution in [0.5, 0.6) is 5.75 Å². The Morgan fingerprint density at radius 2 is 1.76 bits per heavy atom. The van der Waals surface area contributed by atoms with Gasteiger partial charge in [-0.1, -0.05) is 51.2 Å². The molecule has 0 bridgehead atoms. The number of hydrogen-bond donors (Lipinski definition) is 1. The zero-order valence-corrected chi connectivity index (χ0v) is 16.5. The number of unbranched alkanes of at least 4 members (excludes halogenated alkanes) is 2. The van der Waals surface area contributed by atoms with E-state index < -0.39 is 5.60 Å². The van der Waals surface area contributed by atoms with E-state index in [-0.39, 0.29) is 0 Å². The van der Waals surface area contributed by atoms with E-state index in [4.69, 9.17) is 4.74 Å². The van der Waals surface area contributed by atoms with Gasteiger partial charge >= 0.3 is 0 Å². The summed E-state index contributed by atoms with van der Waals surface area (Å²) in [7, 11) is 4.16. The Labute approximate surface area is 154 Å². The smallest absolute Gasteiger partial charge is 0.119 e. The first-order valence-corrected chi connectivity index (χ1v) is 10.2. The lowest BCUT2D eigenvalue weighted by atomic mass is 9.71. The van der Waals surface area contributed by atoms with Gasteiger partial charge < -0.3 is 14.7 Å². The lowest BCUT2D eigenvalue weighted by Gasteiger charge is -2.40. The van der Waals surface area contributed by atoms with E-state index in [1.165, 1.54) is 32.1 Å². The molecule has 1 atom stereocenters. The number of ether oxygens (including phenoxy) is 1. The molecular formula is C22H37NO2. The zero-order chi connectivity index (χ0) is 18.1. The number of rotatable bonds is 10. The normalized spacial score (nSPS) is 18.3. The van der Waals surface area contributed by atoms with E-state index in [9.17, 15) is 5.11 Å². The van der Waals surface area contributed by atoms with Crippen LogP contribution < -0.4 is 4.74 Å². The van der Waals surface area contributed by atoms with Gasteiger partial charge in [0.25, 0.3) is 0 Å². The average Bonchev–Trinajstić information content (AvgIpc) is 2.64. The molecule has 0 spiro atoms. The molecule has 0 amide bonds. The van der Waals surface area contributed by atoms with Crippen LogP contribution in [0.15, 0.2) is 24.3 Å². The fourth-order valence-electron chi connectivity index (χ4n) is 3.94. The van der Waals surface area contributed by atoms with Crippen LogP contribution in [0.3, 0.4) is 0 Å². The van der Waals surface area contributed by atoms with Crippen LogP contribution in [0.1, 0.15) is 70.3 Å². The van der Waals surface area contributed by atoms with Crippen molar-refractivity contribution >= 4 is 0 Å². The molecule has 2 rings (SSSR count). The highest BCUT2D eigenvalue weighted by atomic mass is 16.5. The quantitative estimate of drug-likeness (QED) is 0.606. The van der Waals surface area contributed by atoms with Gasteiger partial charge in [0.05, 0.1) is 12.2 Å². The highest BCUT2D eigenvalue weighted by Crippen LogP contribution is 2.42. The summed E-state index contributed by atoms with van der Waals surface area (Å²) < 4.78 is 5.83. The maximum absolute atomic E-state index is 11.6. The molecule has 3 heteroatoms. The molecule has 0 radical (unpaired) electrons. The molecule has 1 saturated carbocycles. The Kier molecular flexibility index (Phi) is 8.25. The second-order valence-electron chi connectivity index (χ2n) is 7.89. The lowest BCUT2D eigenvalue weighted by molar-refractivity contribution is -0.0500. The number of aliphatic hydroxyl groups is 1. The standard InChI is InChI=1S/C22H37NO2/c1-4-5-9-18-25-21-14-12-20(13-15-21)22(24,16-17-23(2)3)19-10-7-6-8-11-19/h12-15,19,24H,4-11,16-18H2,1-3H3. The summed E-state index contributed by atoms with van der Waals surface area (Å²) in [5, 5.41) is 11.6. The van der Waals surface area contributed by atoms with Crippen molar-refractivity contribution in [3.8, 4) is 5.75 Å². The predicted octanol–water partition coefficient (Wildman–Crippen LogP) is 4.98. The van der Waals surface area contributed by atoms with Crippen LogP contribution in [0.4, 0.5) is 0 Å². The third-order valence-electron chi connectivity index (χ3n) is 5.59. The monoisotopic (exact) mass is 347 g/mol. The Morgan fingerprint density at radius 3 is 2.36 bits per heavy atom. The largest absolute Gasteiger partial charge is 0.494 e. The summed E-state index contributed by atoms with van der Waals surface area (Å²) in [5.74, 6) is 1.29. The molecule has 1 aliphatic rings. The first kappa shape index (κ1) is 20.3. The Morgan fingerprint density at radius 1 is 1.08 bits per heavy atom. The van der Waals surface area contributed by atoms with Gasteiger partial charge in [-0.25, -0.2) is 0 Å². The van der Waals surface area contributed by atoms with E-state index in [1.54, 1.807) is 0 Å². The van der Waals surface area contributed by atoms with Gasteiger partial charge in [-0.3, -0.25) is 0 Å². The minimum atomic E-state index is -0.717. The summed E-state index contributed by atoms with van der Waals surface area (Å²) in [4.78, 5) is 2.17. The highest BCUT2D eigenvalue weighted by Gasteiger charge is 2.38. The van der Waals surface area contributed by atoms with Crippen molar-refractivity contribution < 1.29 is 9.84 Å². The van der Waals surface area contributed by atoms with Gasteiger partial charge in [-0.2, -0.15) is 0 Å². The molecule has 1 aliphatic carbocycles. The zero-order valence-electron chi connectivity index (χ0n) is 16.5. The molecule has 142 valence electrons. The van der Waals surface area contributed by atoms with Crippen LogP contribution >= 0.6 is 0 Å². The fraction of sp³-hybridized carbons (Fsp3) is 0.727. The summed E-state index contributed by atoms with van der Waals surface area (Å²) in [5.41, 5.74) is 0.341. The van der Waals surface area contributed by atoms with E-state index in [1.807, 2.05) is 12.1 Å². The molecule has 1 aromatic rings. The molecule has 0 saturated heterocycles. The predicted molar refractivity (Wildman–Crippen MR) is 105 cm³/mol.